The topological polar surface area (TPSA) is 43.8 Å². The molecule has 1 N–H and O–H groups in total. The lowest BCUT2D eigenvalue weighted by Gasteiger charge is -2.39. The summed E-state index contributed by atoms with van der Waals surface area (Å²) in [4.78, 5) is 13.9. The van der Waals surface area contributed by atoms with Crippen molar-refractivity contribution in [1.29, 1.82) is 0 Å². The summed E-state index contributed by atoms with van der Waals surface area (Å²) >= 11 is 0. The molecular weight excluding hydrogens is 218 g/mol. The van der Waals surface area contributed by atoms with Gasteiger partial charge >= 0.3 is 6.09 Å². The van der Waals surface area contributed by atoms with E-state index in [-0.39, 0.29) is 13.1 Å². The van der Waals surface area contributed by atoms with Gasteiger partial charge in [-0.15, -0.1) is 0 Å². The average Bonchev–Trinajstić information content (AvgIpc) is 2.57. The summed E-state index contributed by atoms with van der Waals surface area (Å²) in [6.07, 6.45) is -0.860. The van der Waals surface area contributed by atoms with Gasteiger partial charge in [0.2, 0.25) is 0 Å². The highest BCUT2D eigenvalue weighted by Gasteiger charge is 2.58. The van der Waals surface area contributed by atoms with Crippen molar-refractivity contribution in [3.63, 3.8) is 0 Å². The number of carboxylic acid groups (broad SMARTS) is 1. The highest BCUT2D eigenvalue weighted by molar-refractivity contribution is 5.65. The number of piperidine rings is 1. The van der Waals surface area contributed by atoms with Gasteiger partial charge in [0, 0.05) is 19.6 Å². The quantitative estimate of drug-likeness (QED) is 0.765. The lowest BCUT2D eigenvalue weighted by atomic mass is 10.1. The molecule has 3 rings (SSSR count). The zero-order valence-electron chi connectivity index (χ0n) is 8.77. The number of alkyl halides is 2. The van der Waals surface area contributed by atoms with Crippen LogP contribution in [0, 0.1) is 17.8 Å². The SMILES string of the molecule is O=C(O)N1C[C@@H]2[C@@H](CN3CC(F)(F)C3)[C@@H]2C1. The Bertz CT molecular complexity index is 317. The van der Waals surface area contributed by atoms with Crippen LogP contribution in [0.5, 0.6) is 0 Å². The molecule has 3 atom stereocenters. The molecular formula is C10H14F2N2O2. The minimum absolute atomic E-state index is 0.119. The van der Waals surface area contributed by atoms with E-state index in [0.717, 1.165) is 6.54 Å². The Balaban J connectivity index is 1.44. The van der Waals surface area contributed by atoms with Crippen LogP contribution in [-0.4, -0.2) is 59.6 Å². The zero-order valence-corrected chi connectivity index (χ0v) is 8.77. The number of likely N-dealkylation sites (tertiary alicyclic amines) is 2. The molecule has 3 fully saturated rings. The third kappa shape index (κ3) is 1.55. The molecule has 90 valence electrons. The van der Waals surface area contributed by atoms with Gasteiger partial charge in [0.25, 0.3) is 5.92 Å². The maximum absolute atomic E-state index is 12.6. The first-order valence-corrected chi connectivity index (χ1v) is 5.54. The first kappa shape index (κ1) is 10.3. The Morgan fingerprint density at radius 2 is 1.88 bits per heavy atom. The van der Waals surface area contributed by atoms with Crippen molar-refractivity contribution in [2.24, 2.45) is 17.8 Å². The number of rotatable bonds is 2. The van der Waals surface area contributed by atoms with E-state index < -0.39 is 12.0 Å². The zero-order chi connectivity index (χ0) is 11.5. The molecule has 4 nitrogen and oxygen atoms in total. The van der Waals surface area contributed by atoms with Crippen molar-refractivity contribution < 1.29 is 18.7 Å². The van der Waals surface area contributed by atoms with Gasteiger partial charge in [0.15, 0.2) is 0 Å². The Morgan fingerprint density at radius 3 is 2.31 bits per heavy atom. The summed E-state index contributed by atoms with van der Waals surface area (Å²) in [5.74, 6) is -1.20. The van der Waals surface area contributed by atoms with Gasteiger partial charge in [-0.2, -0.15) is 0 Å². The first-order valence-electron chi connectivity index (χ1n) is 5.54. The molecule has 6 heteroatoms. The third-order valence-corrected chi connectivity index (χ3v) is 4.02. The van der Waals surface area contributed by atoms with Crippen molar-refractivity contribution in [3.8, 4) is 0 Å². The molecule has 1 aliphatic carbocycles. The van der Waals surface area contributed by atoms with Crippen molar-refractivity contribution in [1.82, 2.24) is 9.80 Å². The number of carbonyl (C=O) groups is 1. The highest BCUT2D eigenvalue weighted by Crippen LogP contribution is 2.52. The van der Waals surface area contributed by atoms with Gasteiger partial charge in [-0.3, -0.25) is 4.90 Å². The second-order valence-corrected chi connectivity index (χ2v) is 5.20. The molecule has 0 radical (unpaired) electrons. The molecule has 0 aromatic rings. The molecule has 0 bridgehead atoms. The maximum atomic E-state index is 12.6. The van der Waals surface area contributed by atoms with Crippen LogP contribution in [0.25, 0.3) is 0 Å². The van der Waals surface area contributed by atoms with Crippen molar-refractivity contribution in [2.75, 3.05) is 32.7 Å². The molecule has 1 amide bonds. The third-order valence-electron chi connectivity index (χ3n) is 4.02. The average molecular weight is 232 g/mol. The number of amides is 1. The van der Waals surface area contributed by atoms with Crippen molar-refractivity contribution >= 4 is 6.09 Å². The normalized spacial score (nSPS) is 40.4. The number of hydrogen-bond acceptors (Lipinski definition) is 2. The molecule has 3 aliphatic rings. The monoisotopic (exact) mass is 232 g/mol. The van der Waals surface area contributed by atoms with Gasteiger partial charge in [-0.05, 0) is 17.8 Å². The van der Waals surface area contributed by atoms with Crippen LogP contribution in [0.1, 0.15) is 0 Å². The molecule has 0 unspecified atom stereocenters. The number of fused-ring (bicyclic) bond motifs is 1. The fourth-order valence-corrected chi connectivity index (χ4v) is 3.11. The number of halogens is 2. The summed E-state index contributed by atoms with van der Waals surface area (Å²) in [6, 6.07) is 0. The van der Waals surface area contributed by atoms with Gasteiger partial charge < -0.3 is 10.0 Å². The highest BCUT2D eigenvalue weighted by atomic mass is 19.3. The summed E-state index contributed by atoms with van der Waals surface area (Å²) < 4.78 is 25.2. The molecule has 0 aromatic heterocycles. The molecule has 2 heterocycles. The first-order chi connectivity index (χ1) is 7.46. The van der Waals surface area contributed by atoms with E-state index in [1.807, 2.05) is 0 Å². The van der Waals surface area contributed by atoms with Crippen LogP contribution in [0.15, 0.2) is 0 Å². The van der Waals surface area contributed by atoms with E-state index in [1.54, 1.807) is 4.90 Å². The van der Waals surface area contributed by atoms with E-state index in [1.165, 1.54) is 4.90 Å². The van der Waals surface area contributed by atoms with Gasteiger partial charge in [0.1, 0.15) is 0 Å². The Hall–Kier alpha value is -0.910. The fraction of sp³-hybridized carbons (Fsp3) is 0.900. The lowest BCUT2D eigenvalue weighted by Crippen LogP contribution is -2.56. The van der Waals surface area contributed by atoms with Crippen LogP contribution in [-0.2, 0) is 0 Å². The molecule has 1 saturated carbocycles. The fourth-order valence-electron chi connectivity index (χ4n) is 3.11. The smallest absolute Gasteiger partial charge is 0.407 e. The van der Waals surface area contributed by atoms with E-state index >= 15 is 0 Å². The minimum atomic E-state index is -2.49. The van der Waals surface area contributed by atoms with E-state index in [9.17, 15) is 13.6 Å². The van der Waals surface area contributed by atoms with Crippen LogP contribution in [0.4, 0.5) is 13.6 Å². The van der Waals surface area contributed by atoms with Crippen LogP contribution in [0.2, 0.25) is 0 Å². The Kier molecular flexibility index (Phi) is 1.96. The largest absolute Gasteiger partial charge is 0.465 e. The predicted octanol–water partition coefficient (Wildman–Crippen LogP) is 0.793. The second kappa shape index (κ2) is 3.06. The number of hydrogen-bond donors (Lipinski definition) is 1. The van der Waals surface area contributed by atoms with Gasteiger partial charge in [0.05, 0.1) is 13.1 Å². The van der Waals surface area contributed by atoms with Gasteiger partial charge in [-0.1, -0.05) is 0 Å². The van der Waals surface area contributed by atoms with Crippen LogP contribution >= 0.6 is 0 Å². The van der Waals surface area contributed by atoms with Gasteiger partial charge in [-0.25, -0.2) is 13.6 Å². The van der Waals surface area contributed by atoms with Crippen molar-refractivity contribution in [2.45, 2.75) is 5.92 Å². The molecule has 2 saturated heterocycles. The standard InChI is InChI=1S/C10H14F2N2O2/c11-10(12)4-13(5-10)1-6-7-2-14(9(15)16)3-8(6)7/h6-8H,1-5H2,(H,15,16)/t6-,7-,8+. The second-order valence-electron chi connectivity index (χ2n) is 5.20. The summed E-state index contributed by atoms with van der Waals surface area (Å²) in [5.41, 5.74) is 0. The van der Waals surface area contributed by atoms with Crippen LogP contribution in [0.3, 0.4) is 0 Å². The Labute approximate surface area is 91.8 Å². The van der Waals surface area contributed by atoms with Crippen molar-refractivity contribution in [3.05, 3.63) is 0 Å². The minimum Gasteiger partial charge on any atom is -0.465 e. The summed E-state index contributed by atoms with van der Waals surface area (Å²) in [6.45, 7) is 1.67. The van der Waals surface area contributed by atoms with E-state index in [2.05, 4.69) is 0 Å². The predicted molar refractivity (Wildman–Crippen MR) is 51.5 cm³/mol. The molecule has 2 aliphatic heterocycles. The van der Waals surface area contributed by atoms with E-state index in [4.69, 9.17) is 5.11 Å². The lowest BCUT2D eigenvalue weighted by molar-refractivity contribution is -0.132. The summed E-state index contributed by atoms with van der Waals surface area (Å²) in [7, 11) is 0. The summed E-state index contributed by atoms with van der Waals surface area (Å²) in [5, 5.41) is 8.76. The van der Waals surface area contributed by atoms with Crippen LogP contribution < -0.4 is 0 Å². The molecule has 0 spiro atoms. The maximum Gasteiger partial charge on any atom is 0.407 e. The molecule has 16 heavy (non-hydrogen) atoms. The molecule has 0 aromatic carbocycles. The van der Waals surface area contributed by atoms with E-state index in [0.29, 0.717) is 30.8 Å². The number of nitrogens with zero attached hydrogens (tertiary/aromatic N) is 2. The Morgan fingerprint density at radius 1 is 1.31 bits per heavy atom.